The molecule has 0 unspecified atom stereocenters. The highest BCUT2D eigenvalue weighted by molar-refractivity contribution is 7.11. The Balaban J connectivity index is 1.60. The number of benzene rings is 2. The summed E-state index contributed by atoms with van der Waals surface area (Å²) < 4.78 is 10.7. The highest BCUT2D eigenvalue weighted by Gasteiger charge is 2.33. The van der Waals surface area contributed by atoms with Crippen LogP contribution in [0.25, 0.3) is 16.8 Å². The zero-order valence-corrected chi connectivity index (χ0v) is 17.9. The maximum Gasteiger partial charge on any atom is 0.161 e. The van der Waals surface area contributed by atoms with Crippen LogP contribution in [-0.4, -0.2) is 41.6 Å². The van der Waals surface area contributed by atoms with E-state index >= 15 is 0 Å². The Morgan fingerprint density at radius 2 is 1.83 bits per heavy atom. The van der Waals surface area contributed by atoms with Crippen LogP contribution in [0.4, 0.5) is 0 Å². The summed E-state index contributed by atoms with van der Waals surface area (Å²) >= 11 is 1.41. The number of ether oxygens (including phenoxy) is 2. The zero-order valence-electron chi connectivity index (χ0n) is 17.0. The summed E-state index contributed by atoms with van der Waals surface area (Å²) in [7, 11) is 3.20. The number of rotatable bonds is 6. The molecule has 0 spiro atoms. The summed E-state index contributed by atoms with van der Waals surface area (Å²) in [5.74, 6) is 1.75. The topological polar surface area (TPSA) is 78.7 Å². The molecular formula is C23H23N3O3S. The summed E-state index contributed by atoms with van der Waals surface area (Å²) in [6.07, 6.45) is 0. The van der Waals surface area contributed by atoms with Crippen molar-refractivity contribution in [3.8, 4) is 22.8 Å². The lowest BCUT2D eigenvalue weighted by Gasteiger charge is -2.26. The van der Waals surface area contributed by atoms with Crippen LogP contribution in [0.5, 0.6) is 11.5 Å². The van der Waals surface area contributed by atoms with Gasteiger partial charge in [-0.2, -0.15) is 0 Å². The number of hydrogen-bond donors (Lipinski definition) is 2. The van der Waals surface area contributed by atoms with E-state index in [0.29, 0.717) is 28.6 Å². The van der Waals surface area contributed by atoms with Gasteiger partial charge >= 0.3 is 0 Å². The number of nitrogens with one attached hydrogen (secondary N) is 1. The van der Waals surface area contributed by atoms with Gasteiger partial charge in [0.2, 0.25) is 0 Å². The fourth-order valence-corrected chi connectivity index (χ4v) is 4.48. The molecule has 2 aromatic carbocycles. The molecule has 0 fully saturated rings. The Labute approximate surface area is 179 Å². The molecule has 0 aliphatic carbocycles. The third-order valence-electron chi connectivity index (χ3n) is 5.28. The summed E-state index contributed by atoms with van der Waals surface area (Å²) in [6, 6.07) is 15.6. The van der Waals surface area contributed by atoms with Gasteiger partial charge in [0, 0.05) is 10.9 Å². The lowest BCUT2D eigenvalue weighted by molar-refractivity contribution is 0.310. The second-order valence-electron chi connectivity index (χ2n) is 6.99. The van der Waals surface area contributed by atoms with Gasteiger partial charge in [-0.1, -0.05) is 30.3 Å². The number of aliphatic hydroxyl groups is 1. The molecule has 154 valence electrons. The highest BCUT2D eigenvalue weighted by atomic mass is 32.1. The van der Waals surface area contributed by atoms with E-state index in [1.165, 1.54) is 11.3 Å². The number of methoxy groups -OCH3 is 2. The van der Waals surface area contributed by atoms with Crippen molar-refractivity contribution in [1.82, 2.24) is 9.88 Å². The van der Waals surface area contributed by atoms with Crippen molar-refractivity contribution in [3.63, 3.8) is 0 Å². The van der Waals surface area contributed by atoms with Gasteiger partial charge in [-0.25, -0.2) is 4.98 Å². The van der Waals surface area contributed by atoms with Gasteiger partial charge < -0.3 is 19.5 Å². The number of amidine groups is 1. The van der Waals surface area contributed by atoms with Gasteiger partial charge in [0.25, 0.3) is 0 Å². The van der Waals surface area contributed by atoms with Crippen molar-refractivity contribution < 1.29 is 14.6 Å². The molecule has 0 radical (unpaired) electrons. The first-order chi connectivity index (χ1) is 14.5. The first-order valence-electron chi connectivity index (χ1n) is 9.54. The van der Waals surface area contributed by atoms with E-state index < -0.39 is 0 Å². The molecule has 1 aliphatic heterocycles. The Morgan fingerprint density at radius 1 is 1.10 bits per heavy atom. The molecule has 0 amide bonds. The number of thiazole rings is 1. The monoisotopic (exact) mass is 421 g/mol. The van der Waals surface area contributed by atoms with Crippen LogP contribution in [0, 0.1) is 5.41 Å². The molecule has 3 aromatic rings. The van der Waals surface area contributed by atoms with E-state index in [1.807, 2.05) is 65.7 Å². The van der Waals surface area contributed by atoms with Gasteiger partial charge in [0.1, 0.15) is 16.6 Å². The van der Waals surface area contributed by atoms with E-state index in [4.69, 9.17) is 19.9 Å². The normalized spacial score (nSPS) is 14.9. The van der Waals surface area contributed by atoms with Crippen molar-refractivity contribution in [3.05, 3.63) is 70.2 Å². The number of hydrogen-bond acceptors (Lipinski definition) is 6. The van der Waals surface area contributed by atoms with E-state index in [2.05, 4.69) is 0 Å². The summed E-state index contributed by atoms with van der Waals surface area (Å²) in [4.78, 5) is 6.58. The van der Waals surface area contributed by atoms with Gasteiger partial charge in [-0.3, -0.25) is 5.41 Å². The van der Waals surface area contributed by atoms with E-state index in [1.54, 1.807) is 14.2 Å². The molecule has 4 rings (SSSR count). The highest BCUT2D eigenvalue weighted by Crippen LogP contribution is 2.37. The van der Waals surface area contributed by atoms with Gasteiger partial charge in [-0.05, 0) is 30.7 Å². The second-order valence-corrected chi connectivity index (χ2v) is 7.85. The molecule has 7 heteroatoms. The molecule has 0 saturated heterocycles. The van der Waals surface area contributed by atoms with Crippen molar-refractivity contribution >= 4 is 22.7 Å². The lowest BCUT2D eigenvalue weighted by atomic mass is 10.1. The largest absolute Gasteiger partial charge is 0.510 e. The smallest absolute Gasteiger partial charge is 0.161 e. The second kappa shape index (κ2) is 8.20. The molecule has 1 aliphatic rings. The maximum atomic E-state index is 10.6. The molecule has 0 saturated carbocycles. The quantitative estimate of drug-likeness (QED) is 0.575. The fourth-order valence-electron chi connectivity index (χ4n) is 3.58. The number of aliphatic hydroxyl groups excluding tert-OH is 1. The van der Waals surface area contributed by atoms with Gasteiger partial charge in [0.05, 0.1) is 38.1 Å². The molecule has 1 aromatic heterocycles. The average molecular weight is 422 g/mol. The summed E-state index contributed by atoms with van der Waals surface area (Å²) in [6.45, 7) is 2.34. The third kappa shape index (κ3) is 3.52. The number of nitrogens with zero attached hydrogens (tertiary/aromatic N) is 2. The standard InChI is InChI=1S/C23H23N3O3S/c1-14(15-7-5-4-6-8-15)26-12-18(27)21(22(26)24)23-25-17(13-30-23)16-9-10-19(28-2)20(11-16)29-3/h4-11,13-14,24,27H,12H2,1-3H3/t14-/m1/s1. The third-order valence-corrected chi connectivity index (χ3v) is 6.14. The molecule has 0 bridgehead atoms. The first-order valence-corrected chi connectivity index (χ1v) is 10.4. The molecule has 2 N–H and O–H groups in total. The SMILES string of the molecule is COc1ccc(-c2csc(C3=C(O)CN([C@H](C)c4ccccc4)C3=N)n2)cc1OC. The summed E-state index contributed by atoms with van der Waals surface area (Å²) in [5, 5.41) is 21.9. The predicted octanol–water partition coefficient (Wildman–Crippen LogP) is 5.15. The summed E-state index contributed by atoms with van der Waals surface area (Å²) in [5.41, 5.74) is 3.24. The molecule has 30 heavy (non-hydrogen) atoms. The Kier molecular flexibility index (Phi) is 5.46. The molecule has 1 atom stereocenters. The average Bonchev–Trinajstić information content (AvgIpc) is 3.37. The van der Waals surface area contributed by atoms with Gasteiger partial charge in [0.15, 0.2) is 11.5 Å². The van der Waals surface area contributed by atoms with Crippen LogP contribution in [0.1, 0.15) is 23.5 Å². The van der Waals surface area contributed by atoms with Crippen molar-refractivity contribution in [2.45, 2.75) is 13.0 Å². The van der Waals surface area contributed by atoms with Crippen LogP contribution in [0.3, 0.4) is 0 Å². The lowest BCUT2D eigenvalue weighted by Crippen LogP contribution is -2.29. The zero-order chi connectivity index (χ0) is 21.3. The minimum atomic E-state index is -0.0244. The van der Waals surface area contributed by atoms with Crippen LogP contribution in [0.15, 0.2) is 59.7 Å². The van der Waals surface area contributed by atoms with Crippen LogP contribution in [0.2, 0.25) is 0 Å². The van der Waals surface area contributed by atoms with Crippen LogP contribution in [-0.2, 0) is 0 Å². The van der Waals surface area contributed by atoms with Crippen LogP contribution < -0.4 is 9.47 Å². The molecule has 6 nitrogen and oxygen atoms in total. The minimum absolute atomic E-state index is 0.0244. The Bertz CT molecular complexity index is 1110. The van der Waals surface area contributed by atoms with Crippen molar-refractivity contribution in [2.24, 2.45) is 0 Å². The first kappa shape index (κ1) is 20.0. The minimum Gasteiger partial charge on any atom is -0.510 e. The number of aromatic nitrogens is 1. The molecular weight excluding hydrogens is 398 g/mol. The Hall–Kier alpha value is -3.32. The fraction of sp³-hybridized carbons (Fsp3) is 0.217. The van der Waals surface area contributed by atoms with E-state index in [-0.39, 0.29) is 17.6 Å². The van der Waals surface area contributed by atoms with Crippen molar-refractivity contribution in [2.75, 3.05) is 20.8 Å². The van der Waals surface area contributed by atoms with Crippen LogP contribution >= 0.6 is 11.3 Å². The predicted molar refractivity (Wildman–Crippen MR) is 119 cm³/mol. The van der Waals surface area contributed by atoms with Crippen molar-refractivity contribution in [1.29, 1.82) is 5.41 Å². The maximum absolute atomic E-state index is 10.6. The molecule has 2 heterocycles. The Morgan fingerprint density at radius 3 is 2.53 bits per heavy atom. The van der Waals surface area contributed by atoms with E-state index in [0.717, 1.165) is 16.8 Å². The van der Waals surface area contributed by atoms with Gasteiger partial charge in [-0.15, -0.1) is 11.3 Å². The van der Waals surface area contributed by atoms with E-state index in [9.17, 15) is 5.11 Å².